The van der Waals surface area contributed by atoms with Gasteiger partial charge in [-0.15, -0.1) is 5.10 Å². The molecular formula is C18H17N7O3. The number of carbonyl (C=O) groups is 1. The van der Waals surface area contributed by atoms with Gasteiger partial charge in [0.15, 0.2) is 17.0 Å². The first-order chi connectivity index (χ1) is 13.4. The summed E-state index contributed by atoms with van der Waals surface area (Å²) in [4.78, 5) is 29.1. The molecule has 0 aliphatic heterocycles. The number of nitrogens with one attached hydrogen (secondary N) is 1. The quantitative estimate of drug-likeness (QED) is 0.571. The molecule has 1 N–H and O–H groups in total. The predicted molar refractivity (Wildman–Crippen MR) is 100 cm³/mol. The van der Waals surface area contributed by atoms with E-state index >= 15 is 0 Å². The number of aromatic nitrogens is 6. The molecule has 10 heteroatoms. The van der Waals surface area contributed by atoms with Crippen molar-refractivity contribution >= 4 is 22.9 Å². The minimum absolute atomic E-state index is 0.0896. The minimum Gasteiger partial charge on any atom is -0.360 e. The van der Waals surface area contributed by atoms with E-state index in [1.807, 2.05) is 32.0 Å². The van der Waals surface area contributed by atoms with Crippen molar-refractivity contribution in [3.05, 3.63) is 57.8 Å². The molecule has 10 nitrogen and oxygen atoms in total. The van der Waals surface area contributed by atoms with Gasteiger partial charge in [-0.25, -0.2) is 4.98 Å². The van der Waals surface area contributed by atoms with E-state index in [0.29, 0.717) is 11.4 Å². The van der Waals surface area contributed by atoms with Crippen LogP contribution in [0.3, 0.4) is 0 Å². The molecular weight excluding hydrogens is 362 g/mol. The molecule has 0 saturated heterocycles. The fourth-order valence-electron chi connectivity index (χ4n) is 2.97. The average Bonchev–Trinajstić information content (AvgIpc) is 3.23. The molecule has 1 amide bonds. The second-order valence-corrected chi connectivity index (χ2v) is 6.57. The number of hydrogen-bond acceptors (Lipinski definition) is 7. The van der Waals surface area contributed by atoms with Crippen LogP contribution in [-0.2, 0) is 11.3 Å². The molecule has 0 radical (unpaired) electrons. The van der Waals surface area contributed by atoms with E-state index in [-0.39, 0.29) is 17.9 Å². The molecule has 3 aromatic heterocycles. The van der Waals surface area contributed by atoms with Crippen molar-refractivity contribution in [1.82, 2.24) is 29.7 Å². The molecule has 142 valence electrons. The fraction of sp³-hybridized carbons (Fsp3) is 0.222. The minimum atomic E-state index is -0.452. The lowest BCUT2D eigenvalue weighted by Gasteiger charge is -2.06. The van der Waals surface area contributed by atoms with Gasteiger partial charge in [0.05, 0.1) is 5.69 Å². The Morgan fingerprint density at radius 1 is 1.14 bits per heavy atom. The maximum absolute atomic E-state index is 12.7. The molecule has 28 heavy (non-hydrogen) atoms. The monoisotopic (exact) mass is 379 g/mol. The first kappa shape index (κ1) is 17.6. The first-order valence-electron chi connectivity index (χ1n) is 8.53. The number of benzene rings is 1. The van der Waals surface area contributed by atoms with Crippen molar-refractivity contribution in [3.63, 3.8) is 0 Å². The third kappa shape index (κ3) is 3.27. The number of aryl methyl sites for hydroxylation is 3. The average molecular weight is 379 g/mol. The lowest BCUT2D eigenvalue weighted by Crippen LogP contribution is -2.28. The topological polar surface area (TPSA) is 121 Å². The molecule has 0 aliphatic carbocycles. The lowest BCUT2D eigenvalue weighted by molar-refractivity contribution is -0.116. The highest BCUT2D eigenvalue weighted by atomic mass is 16.5. The summed E-state index contributed by atoms with van der Waals surface area (Å²) in [6, 6.07) is 7.49. The summed E-state index contributed by atoms with van der Waals surface area (Å²) in [7, 11) is 0. The Morgan fingerprint density at radius 3 is 2.57 bits per heavy atom. The number of amides is 1. The number of hydrogen-bond donors (Lipinski definition) is 1. The van der Waals surface area contributed by atoms with Crippen molar-refractivity contribution < 1.29 is 9.32 Å². The Bertz CT molecular complexity index is 1230. The highest BCUT2D eigenvalue weighted by molar-refractivity contribution is 5.89. The smallest absolute Gasteiger partial charge is 0.284 e. The van der Waals surface area contributed by atoms with Gasteiger partial charge in [0, 0.05) is 6.07 Å². The van der Waals surface area contributed by atoms with Crippen LogP contribution < -0.4 is 10.9 Å². The standard InChI is InChI=1S/C18H17N7O3/c1-10-4-11(2)6-13(5-10)25-17-16(21-23-25)18(27)24(9-19-17)8-15(26)20-14-7-12(3)28-22-14/h4-7,9H,8H2,1-3H3,(H,20,22,26). The van der Waals surface area contributed by atoms with Crippen LogP contribution in [-0.4, -0.2) is 35.6 Å². The molecule has 0 fully saturated rings. The Hall–Kier alpha value is -3.82. The third-order valence-corrected chi connectivity index (χ3v) is 4.09. The Labute approximate surface area is 158 Å². The van der Waals surface area contributed by atoms with Crippen molar-refractivity contribution in [2.24, 2.45) is 0 Å². The third-order valence-electron chi connectivity index (χ3n) is 4.09. The van der Waals surface area contributed by atoms with E-state index in [1.165, 1.54) is 15.6 Å². The van der Waals surface area contributed by atoms with Crippen molar-refractivity contribution in [2.45, 2.75) is 27.3 Å². The Balaban J connectivity index is 1.64. The summed E-state index contributed by atoms with van der Waals surface area (Å²) in [6.45, 7) is 5.43. The normalized spacial score (nSPS) is 11.1. The lowest BCUT2D eigenvalue weighted by atomic mass is 10.1. The molecule has 0 unspecified atom stereocenters. The number of anilines is 1. The van der Waals surface area contributed by atoms with E-state index in [4.69, 9.17) is 4.52 Å². The molecule has 3 heterocycles. The second kappa shape index (κ2) is 6.72. The molecule has 0 atom stereocenters. The van der Waals surface area contributed by atoms with Gasteiger partial charge in [0.1, 0.15) is 18.6 Å². The van der Waals surface area contributed by atoms with E-state index in [0.717, 1.165) is 16.8 Å². The van der Waals surface area contributed by atoms with Crippen LogP contribution in [0.15, 0.2) is 39.9 Å². The van der Waals surface area contributed by atoms with Gasteiger partial charge in [-0.3, -0.25) is 14.2 Å². The van der Waals surface area contributed by atoms with Crippen LogP contribution in [0, 0.1) is 20.8 Å². The molecule has 0 spiro atoms. The number of nitrogens with zero attached hydrogens (tertiary/aromatic N) is 6. The number of fused-ring (bicyclic) bond motifs is 1. The van der Waals surface area contributed by atoms with Gasteiger partial charge in [-0.05, 0) is 44.0 Å². The maximum atomic E-state index is 12.7. The predicted octanol–water partition coefficient (Wildman–Crippen LogP) is 1.53. The van der Waals surface area contributed by atoms with Gasteiger partial charge in [-0.2, -0.15) is 4.68 Å². The largest absolute Gasteiger partial charge is 0.360 e. The van der Waals surface area contributed by atoms with Gasteiger partial charge in [0.25, 0.3) is 5.56 Å². The summed E-state index contributed by atoms with van der Waals surface area (Å²) >= 11 is 0. The fourth-order valence-corrected chi connectivity index (χ4v) is 2.97. The van der Waals surface area contributed by atoms with Crippen LogP contribution >= 0.6 is 0 Å². The van der Waals surface area contributed by atoms with Gasteiger partial charge < -0.3 is 9.84 Å². The number of rotatable bonds is 4. The van der Waals surface area contributed by atoms with Crippen LogP contribution in [0.1, 0.15) is 16.9 Å². The van der Waals surface area contributed by atoms with Gasteiger partial charge in [-0.1, -0.05) is 16.4 Å². The van der Waals surface area contributed by atoms with E-state index in [2.05, 4.69) is 25.8 Å². The van der Waals surface area contributed by atoms with Crippen molar-refractivity contribution in [2.75, 3.05) is 5.32 Å². The molecule has 0 aliphatic rings. The van der Waals surface area contributed by atoms with E-state index in [1.54, 1.807) is 13.0 Å². The summed E-state index contributed by atoms with van der Waals surface area (Å²) < 4.78 is 7.58. The zero-order valence-electron chi connectivity index (χ0n) is 15.5. The number of carbonyl (C=O) groups excluding carboxylic acids is 1. The van der Waals surface area contributed by atoms with Crippen molar-refractivity contribution in [1.29, 1.82) is 0 Å². The SMILES string of the molecule is Cc1cc(C)cc(-n2nnc3c(=O)n(CC(=O)Nc4cc(C)on4)cnc32)c1. The molecule has 0 bridgehead atoms. The zero-order chi connectivity index (χ0) is 19.8. The van der Waals surface area contributed by atoms with Crippen molar-refractivity contribution in [3.8, 4) is 5.69 Å². The van der Waals surface area contributed by atoms with Crippen LogP contribution in [0.25, 0.3) is 16.9 Å². The first-order valence-corrected chi connectivity index (χ1v) is 8.53. The molecule has 4 rings (SSSR count). The van der Waals surface area contributed by atoms with Gasteiger partial charge >= 0.3 is 0 Å². The molecule has 0 saturated carbocycles. The van der Waals surface area contributed by atoms with E-state index in [9.17, 15) is 9.59 Å². The summed E-state index contributed by atoms with van der Waals surface area (Å²) in [5, 5.41) is 14.3. The zero-order valence-corrected chi connectivity index (χ0v) is 15.5. The Kier molecular flexibility index (Phi) is 4.22. The summed E-state index contributed by atoms with van der Waals surface area (Å²) in [5.74, 6) is 0.419. The highest BCUT2D eigenvalue weighted by Crippen LogP contribution is 2.16. The second-order valence-electron chi connectivity index (χ2n) is 6.57. The summed E-state index contributed by atoms with van der Waals surface area (Å²) in [5.41, 5.74) is 2.86. The Morgan fingerprint density at radius 2 is 1.89 bits per heavy atom. The van der Waals surface area contributed by atoms with Crippen LogP contribution in [0.4, 0.5) is 5.82 Å². The van der Waals surface area contributed by atoms with Gasteiger partial charge in [0.2, 0.25) is 5.91 Å². The highest BCUT2D eigenvalue weighted by Gasteiger charge is 2.15. The molecule has 4 aromatic rings. The maximum Gasteiger partial charge on any atom is 0.284 e. The summed E-state index contributed by atoms with van der Waals surface area (Å²) in [6.07, 6.45) is 1.31. The van der Waals surface area contributed by atoms with Crippen LogP contribution in [0.2, 0.25) is 0 Å². The van der Waals surface area contributed by atoms with E-state index < -0.39 is 11.5 Å². The molecule has 1 aromatic carbocycles. The van der Waals surface area contributed by atoms with Crippen LogP contribution in [0.5, 0.6) is 0 Å².